The summed E-state index contributed by atoms with van der Waals surface area (Å²) in [6, 6.07) is 8.84. The zero-order valence-electron chi connectivity index (χ0n) is 16.3. The number of nitrogens with two attached hydrogens (primary N) is 1. The van der Waals surface area contributed by atoms with Crippen LogP contribution < -0.4 is 16.4 Å². The SMILES string of the molecule is CC(C)(C)C1CCc2c(sc(NC(=S)NC(=O)c3ccccc3)c2C(N)=O)C1. The van der Waals surface area contributed by atoms with Crippen molar-refractivity contribution in [3.05, 3.63) is 51.9 Å². The van der Waals surface area contributed by atoms with Gasteiger partial charge in [-0.1, -0.05) is 39.0 Å². The molecule has 0 aliphatic heterocycles. The van der Waals surface area contributed by atoms with Crippen LogP contribution in [0, 0.1) is 11.3 Å². The first kappa shape index (κ1) is 20.5. The van der Waals surface area contributed by atoms with Gasteiger partial charge in [0, 0.05) is 10.4 Å². The first-order valence-electron chi connectivity index (χ1n) is 9.28. The number of carbonyl (C=O) groups excluding carboxylic acids is 2. The quantitative estimate of drug-likeness (QED) is 0.658. The van der Waals surface area contributed by atoms with Crippen LogP contribution in [0.15, 0.2) is 30.3 Å². The molecule has 1 aliphatic rings. The van der Waals surface area contributed by atoms with Crippen molar-refractivity contribution < 1.29 is 9.59 Å². The minimum absolute atomic E-state index is 0.155. The Balaban J connectivity index is 1.79. The summed E-state index contributed by atoms with van der Waals surface area (Å²) < 4.78 is 0. The summed E-state index contributed by atoms with van der Waals surface area (Å²) in [4.78, 5) is 25.6. The van der Waals surface area contributed by atoms with Gasteiger partial charge in [-0.15, -0.1) is 11.3 Å². The normalized spacial score (nSPS) is 16.2. The maximum Gasteiger partial charge on any atom is 0.257 e. The molecule has 28 heavy (non-hydrogen) atoms. The van der Waals surface area contributed by atoms with Crippen LogP contribution in [0.25, 0.3) is 0 Å². The summed E-state index contributed by atoms with van der Waals surface area (Å²) in [5.41, 5.74) is 7.92. The fourth-order valence-electron chi connectivity index (χ4n) is 3.57. The van der Waals surface area contributed by atoms with E-state index < -0.39 is 5.91 Å². The summed E-state index contributed by atoms with van der Waals surface area (Å²) >= 11 is 6.80. The molecule has 0 saturated heterocycles. The Morgan fingerprint density at radius 1 is 1.21 bits per heavy atom. The van der Waals surface area contributed by atoms with Gasteiger partial charge in [0.25, 0.3) is 11.8 Å². The van der Waals surface area contributed by atoms with E-state index in [9.17, 15) is 9.59 Å². The maximum absolute atomic E-state index is 12.3. The number of fused-ring (bicyclic) bond motifs is 1. The first-order valence-corrected chi connectivity index (χ1v) is 10.5. The van der Waals surface area contributed by atoms with Crippen molar-refractivity contribution in [2.75, 3.05) is 5.32 Å². The van der Waals surface area contributed by atoms with Crippen LogP contribution in [-0.2, 0) is 12.8 Å². The van der Waals surface area contributed by atoms with E-state index in [0.717, 1.165) is 24.8 Å². The van der Waals surface area contributed by atoms with Gasteiger partial charge < -0.3 is 11.1 Å². The van der Waals surface area contributed by atoms with Crippen LogP contribution in [0.1, 0.15) is 58.3 Å². The number of hydrogen-bond donors (Lipinski definition) is 3. The van der Waals surface area contributed by atoms with Gasteiger partial charge in [0.1, 0.15) is 5.00 Å². The van der Waals surface area contributed by atoms with Crippen molar-refractivity contribution in [3.63, 3.8) is 0 Å². The average molecular weight is 416 g/mol. The summed E-state index contributed by atoms with van der Waals surface area (Å²) in [5, 5.41) is 6.45. The summed E-state index contributed by atoms with van der Waals surface area (Å²) in [5.74, 6) is -0.212. The number of hydrogen-bond acceptors (Lipinski definition) is 4. The highest BCUT2D eigenvalue weighted by molar-refractivity contribution is 7.80. The lowest BCUT2D eigenvalue weighted by atomic mass is 9.72. The van der Waals surface area contributed by atoms with Crippen LogP contribution in [-0.4, -0.2) is 16.9 Å². The Labute approximate surface area is 174 Å². The second-order valence-electron chi connectivity index (χ2n) is 8.15. The fraction of sp³-hybridized carbons (Fsp3) is 0.381. The van der Waals surface area contributed by atoms with Crippen LogP contribution in [0.3, 0.4) is 0 Å². The minimum atomic E-state index is -0.466. The molecule has 0 saturated carbocycles. The molecule has 7 heteroatoms. The molecule has 1 atom stereocenters. The molecule has 1 aromatic heterocycles. The van der Waals surface area contributed by atoms with Crippen LogP contribution in [0.4, 0.5) is 5.00 Å². The van der Waals surface area contributed by atoms with E-state index in [0.29, 0.717) is 22.0 Å². The molecule has 2 aromatic rings. The third-order valence-electron chi connectivity index (χ3n) is 5.23. The molecule has 4 N–H and O–H groups in total. The van der Waals surface area contributed by atoms with Gasteiger partial charge in [0.05, 0.1) is 5.56 Å². The van der Waals surface area contributed by atoms with E-state index in [2.05, 4.69) is 31.4 Å². The molecule has 0 fully saturated rings. The van der Waals surface area contributed by atoms with Crippen molar-refractivity contribution in [3.8, 4) is 0 Å². The van der Waals surface area contributed by atoms with Crippen molar-refractivity contribution >= 4 is 45.5 Å². The van der Waals surface area contributed by atoms with Gasteiger partial charge in [0.2, 0.25) is 0 Å². The first-order chi connectivity index (χ1) is 13.2. The highest BCUT2D eigenvalue weighted by atomic mass is 32.1. The monoisotopic (exact) mass is 415 g/mol. The van der Waals surface area contributed by atoms with Gasteiger partial charge >= 0.3 is 0 Å². The molecule has 0 spiro atoms. The molecular weight excluding hydrogens is 390 g/mol. The van der Waals surface area contributed by atoms with E-state index in [1.54, 1.807) is 24.3 Å². The Morgan fingerprint density at radius 2 is 1.89 bits per heavy atom. The summed E-state index contributed by atoms with van der Waals surface area (Å²) in [6.45, 7) is 6.75. The summed E-state index contributed by atoms with van der Waals surface area (Å²) in [7, 11) is 0. The maximum atomic E-state index is 12.3. The second kappa shape index (κ2) is 8.01. The minimum Gasteiger partial charge on any atom is -0.365 e. The number of anilines is 1. The molecule has 0 radical (unpaired) electrons. The van der Waals surface area contributed by atoms with E-state index in [1.165, 1.54) is 16.2 Å². The van der Waals surface area contributed by atoms with Gasteiger partial charge in [0.15, 0.2) is 5.11 Å². The number of amides is 2. The second-order valence-corrected chi connectivity index (χ2v) is 9.67. The largest absolute Gasteiger partial charge is 0.365 e. The predicted molar refractivity (Wildman–Crippen MR) is 118 cm³/mol. The van der Waals surface area contributed by atoms with Gasteiger partial charge in [-0.05, 0) is 60.5 Å². The smallest absolute Gasteiger partial charge is 0.257 e. The number of rotatable bonds is 3. The number of thiophene rings is 1. The Bertz CT molecular complexity index is 914. The molecule has 3 rings (SSSR count). The highest BCUT2D eigenvalue weighted by Gasteiger charge is 2.33. The predicted octanol–water partition coefficient (Wildman–Crippen LogP) is 4.12. The lowest BCUT2D eigenvalue weighted by Crippen LogP contribution is -2.34. The molecule has 1 aromatic carbocycles. The number of benzene rings is 1. The Kier molecular flexibility index (Phi) is 5.86. The Morgan fingerprint density at radius 3 is 2.50 bits per heavy atom. The molecule has 5 nitrogen and oxygen atoms in total. The third-order valence-corrected chi connectivity index (χ3v) is 6.60. The van der Waals surface area contributed by atoms with Crippen molar-refractivity contribution in [2.45, 2.75) is 40.0 Å². The van der Waals surface area contributed by atoms with Gasteiger partial charge in [-0.2, -0.15) is 0 Å². The van der Waals surface area contributed by atoms with E-state index >= 15 is 0 Å². The zero-order valence-corrected chi connectivity index (χ0v) is 17.9. The van der Waals surface area contributed by atoms with Crippen molar-refractivity contribution in [1.82, 2.24) is 5.32 Å². The number of thiocarbonyl (C=S) groups is 1. The van der Waals surface area contributed by atoms with Gasteiger partial charge in [-0.25, -0.2) is 0 Å². The zero-order chi connectivity index (χ0) is 20.5. The van der Waals surface area contributed by atoms with E-state index in [-0.39, 0.29) is 16.4 Å². The molecule has 1 aliphatic carbocycles. The lowest BCUT2D eigenvalue weighted by Gasteiger charge is -2.33. The van der Waals surface area contributed by atoms with Crippen LogP contribution in [0.5, 0.6) is 0 Å². The lowest BCUT2D eigenvalue weighted by molar-refractivity contribution is 0.0975. The van der Waals surface area contributed by atoms with Crippen LogP contribution >= 0.6 is 23.6 Å². The molecule has 148 valence electrons. The van der Waals surface area contributed by atoms with E-state index in [1.807, 2.05) is 6.07 Å². The van der Waals surface area contributed by atoms with Gasteiger partial charge in [-0.3, -0.25) is 14.9 Å². The summed E-state index contributed by atoms with van der Waals surface area (Å²) in [6.07, 6.45) is 2.79. The average Bonchev–Trinajstić information content (AvgIpc) is 2.98. The third kappa shape index (κ3) is 4.42. The standard InChI is InChI=1S/C21H25N3O2S2/c1-21(2,3)13-9-10-14-15(11-13)28-19(16(14)17(22)25)24-20(27)23-18(26)12-7-5-4-6-8-12/h4-8,13H,9-11H2,1-3H3,(H2,22,25)(H2,23,24,26,27). The molecule has 1 heterocycles. The highest BCUT2D eigenvalue weighted by Crippen LogP contribution is 2.44. The van der Waals surface area contributed by atoms with Crippen LogP contribution in [0.2, 0.25) is 0 Å². The fourth-order valence-corrected chi connectivity index (χ4v) is 5.17. The van der Waals surface area contributed by atoms with Crippen molar-refractivity contribution in [1.29, 1.82) is 0 Å². The number of carbonyl (C=O) groups is 2. The molecule has 2 amide bonds. The molecule has 0 bridgehead atoms. The Hall–Kier alpha value is -2.25. The number of nitrogens with one attached hydrogen (secondary N) is 2. The van der Waals surface area contributed by atoms with Crippen molar-refractivity contribution in [2.24, 2.45) is 17.1 Å². The molecule has 1 unspecified atom stereocenters. The molecular formula is C21H25N3O2S2. The number of primary amides is 1. The topological polar surface area (TPSA) is 84.2 Å². The van der Waals surface area contributed by atoms with E-state index in [4.69, 9.17) is 18.0 Å².